The molecule has 1 aliphatic carbocycles. The molecule has 0 aromatic carbocycles. The normalized spacial score (nSPS) is 18.9. The van der Waals surface area contributed by atoms with Crippen LogP contribution in [0.15, 0.2) is 34.3 Å². The van der Waals surface area contributed by atoms with Crippen LogP contribution in [-0.4, -0.2) is 25.8 Å². The lowest BCUT2D eigenvalue weighted by atomic mass is 9.82. The van der Waals surface area contributed by atoms with Crippen LogP contribution in [0.2, 0.25) is 0 Å². The lowest BCUT2D eigenvalue weighted by molar-refractivity contribution is -0.121. The number of ether oxygens (including phenoxy) is 2. The van der Waals surface area contributed by atoms with Crippen LogP contribution in [0.4, 0.5) is 0 Å². The smallest absolute Gasteiger partial charge is 0.228 e. The molecule has 134 valence electrons. The molecule has 0 saturated heterocycles. The van der Waals surface area contributed by atoms with Crippen molar-refractivity contribution in [3.05, 3.63) is 34.3 Å². The van der Waals surface area contributed by atoms with Crippen LogP contribution in [0.1, 0.15) is 53.9 Å². The molecule has 0 fully saturated rings. The SMILES string of the molecule is CC[C@@H](C)C/C(C)=C/[C@@H](CC)C1=C(C)C(=O)C(OC)=C(OC)C1=O. The molecule has 2 atom stereocenters. The minimum Gasteiger partial charge on any atom is -0.489 e. The number of ketones is 2. The molecule has 0 saturated carbocycles. The molecule has 4 heteroatoms. The van der Waals surface area contributed by atoms with E-state index in [1.54, 1.807) is 6.92 Å². The first-order valence-corrected chi connectivity index (χ1v) is 8.61. The molecule has 0 aliphatic heterocycles. The van der Waals surface area contributed by atoms with Crippen LogP contribution in [0.5, 0.6) is 0 Å². The highest BCUT2D eigenvalue weighted by atomic mass is 16.5. The third-order valence-corrected chi connectivity index (χ3v) is 4.68. The molecular formula is C20H30O4. The van der Waals surface area contributed by atoms with Crippen molar-refractivity contribution in [3.8, 4) is 0 Å². The van der Waals surface area contributed by atoms with Gasteiger partial charge in [-0.05, 0) is 32.6 Å². The van der Waals surface area contributed by atoms with Gasteiger partial charge in [0.25, 0.3) is 0 Å². The van der Waals surface area contributed by atoms with E-state index in [1.807, 2.05) is 6.92 Å². The van der Waals surface area contributed by atoms with Gasteiger partial charge in [-0.2, -0.15) is 0 Å². The summed E-state index contributed by atoms with van der Waals surface area (Å²) in [5.74, 6) is 0.0100. The van der Waals surface area contributed by atoms with E-state index in [1.165, 1.54) is 19.8 Å². The predicted octanol–water partition coefficient (Wildman–Crippen LogP) is 4.37. The van der Waals surface area contributed by atoms with Gasteiger partial charge in [0.05, 0.1) is 14.2 Å². The summed E-state index contributed by atoms with van der Waals surface area (Å²) >= 11 is 0. The van der Waals surface area contributed by atoms with Crippen molar-refractivity contribution in [2.24, 2.45) is 11.8 Å². The topological polar surface area (TPSA) is 52.6 Å². The van der Waals surface area contributed by atoms with Gasteiger partial charge in [-0.25, -0.2) is 0 Å². The van der Waals surface area contributed by atoms with Gasteiger partial charge in [0.15, 0.2) is 0 Å². The molecule has 0 spiro atoms. The van der Waals surface area contributed by atoms with Crippen LogP contribution < -0.4 is 0 Å². The first kappa shape index (κ1) is 20.2. The van der Waals surface area contributed by atoms with E-state index >= 15 is 0 Å². The molecule has 1 aliphatic rings. The molecular weight excluding hydrogens is 304 g/mol. The Morgan fingerprint density at radius 1 is 1.04 bits per heavy atom. The standard InChI is InChI=1S/C20H30O4/c1-8-12(3)10-13(4)11-15(9-2)16-14(5)17(21)19(23-6)20(24-7)18(16)22/h11-12,15H,8-10H2,1-7H3/b13-11+/t12-,15-/m1/s1. The lowest BCUT2D eigenvalue weighted by Gasteiger charge is -2.24. The zero-order valence-electron chi connectivity index (χ0n) is 16.0. The van der Waals surface area contributed by atoms with Gasteiger partial charge >= 0.3 is 0 Å². The van der Waals surface area contributed by atoms with Crippen LogP contribution in [-0.2, 0) is 19.1 Å². The second-order valence-corrected chi connectivity index (χ2v) is 6.51. The van der Waals surface area contributed by atoms with Gasteiger partial charge in [-0.1, -0.05) is 38.8 Å². The fourth-order valence-electron chi connectivity index (χ4n) is 3.12. The fraction of sp³-hybridized carbons (Fsp3) is 0.600. The Labute approximate surface area is 145 Å². The Kier molecular flexibility index (Phi) is 7.46. The summed E-state index contributed by atoms with van der Waals surface area (Å²) < 4.78 is 10.3. The number of carbonyl (C=O) groups is 2. The second-order valence-electron chi connectivity index (χ2n) is 6.51. The van der Waals surface area contributed by atoms with Crippen molar-refractivity contribution in [1.29, 1.82) is 0 Å². The van der Waals surface area contributed by atoms with Gasteiger partial charge < -0.3 is 9.47 Å². The van der Waals surface area contributed by atoms with Crippen molar-refractivity contribution in [1.82, 2.24) is 0 Å². The number of rotatable bonds is 8. The van der Waals surface area contributed by atoms with Gasteiger partial charge in [0, 0.05) is 17.1 Å². The first-order chi connectivity index (χ1) is 11.3. The zero-order chi connectivity index (χ0) is 18.4. The van der Waals surface area contributed by atoms with Crippen molar-refractivity contribution in [3.63, 3.8) is 0 Å². The summed E-state index contributed by atoms with van der Waals surface area (Å²) in [5.41, 5.74) is 2.23. The average Bonchev–Trinajstić information content (AvgIpc) is 2.56. The maximum absolute atomic E-state index is 12.8. The summed E-state index contributed by atoms with van der Waals surface area (Å²) in [6.45, 7) is 10.2. The molecule has 4 nitrogen and oxygen atoms in total. The van der Waals surface area contributed by atoms with E-state index in [2.05, 4.69) is 26.8 Å². The van der Waals surface area contributed by atoms with Crippen LogP contribution >= 0.6 is 0 Å². The summed E-state index contributed by atoms with van der Waals surface area (Å²) in [4.78, 5) is 25.4. The Morgan fingerprint density at radius 3 is 2.04 bits per heavy atom. The van der Waals surface area contributed by atoms with E-state index in [0.29, 0.717) is 17.1 Å². The molecule has 0 radical (unpaired) electrons. The summed E-state index contributed by atoms with van der Waals surface area (Å²) in [6.07, 6.45) is 5.00. The Hall–Kier alpha value is -1.84. The highest BCUT2D eigenvalue weighted by Gasteiger charge is 2.37. The first-order valence-electron chi connectivity index (χ1n) is 8.61. The van der Waals surface area contributed by atoms with E-state index in [-0.39, 0.29) is 29.0 Å². The predicted molar refractivity (Wildman–Crippen MR) is 95.4 cm³/mol. The minimum atomic E-state index is -0.268. The van der Waals surface area contributed by atoms with Gasteiger partial charge in [0.1, 0.15) is 0 Å². The molecule has 0 bridgehead atoms. The fourth-order valence-corrected chi connectivity index (χ4v) is 3.12. The third kappa shape index (κ3) is 4.16. The summed E-state index contributed by atoms with van der Waals surface area (Å²) in [7, 11) is 2.77. The minimum absolute atomic E-state index is 0.00101. The van der Waals surface area contributed by atoms with E-state index in [9.17, 15) is 9.59 Å². The van der Waals surface area contributed by atoms with Gasteiger partial charge in [0.2, 0.25) is 23.1 Å². The van der Waals surface area contributed by atoms with Crippen LogP contribution in [0.3, 0.4) is 0 Å². The average molecular weight is 334 g/mol. The molecule has 0 unspecified atom stereocenters. The number of Topliss-reactive ketones (excluding diaryl/α,β-unsaturated/α-hetero) is 2. The van der Waals surface area contributed by atoms with Gasteiger partial charge in [-0.15, -0.1) is 0 Å². The lowest BCUT2D eigenvalue weighted by Crippen LogP contribution is -2.28. The quantitative estimate of drug-likeness (QED) is 0.488. The number of hydrogen-bond donors (Lipinski definition) is 0. The van der Waals surface area contributed by atoms with Crippen LogP contribution in [0.25, 0.3) is 0 Å². The highest BCUT2D eigenvalue weighted by Crippen LogP contribution is 2.33. The molecule has 0 N–H and O–H groups in total. The third-order valence-electron chi connectivity index (χ3n) is 4.68. The zero-order valence-corrected chi connectivity index (χ0v) is 16.0. The van der Waals surface area contributed by atoms with Crippen molar-refractivity contribution < 1.29 is 19.1 Å². The van der Waals surface area contributed by atoms with E-state index < -0.39 is 0 Å². The number of carbonyl (C=O) groups excluding carboxylic acids is 2. The largest absolute Gasteiger partial charge is 0.489 e. The molecule has 0 aromatic rings. The number of methoxy groups -OCH3 is 2. The molecule has 0 heterocycles. The Morgan fingerprint density at radius 2 is 1.58 bits per heavy atom. The maximum Gasteiger partial charge on any atom is 0.228 e. The molecule has 0 amide bonds. The second kappa shape index (κ2) is 8.86. The Bertz CT molecular complexity index is 593. The maximum atomic E-state index is 12.8. The van der Waals surface area contributed by atoms with Crippen molar-refractivity contribution in [2.45, 2.75) is 53.9 Å². The Balaban J connectivity index is 3.26. The summed E-state index contributed by atoms with van der Waals surface area (Å²) in [5, 5.41) is 0. The monoisotopic (exact) mass is 334 g/mol. The molecule has 24 heavy (non-hydrogen) atoms. The number of hydrogen-bond acceptors (Lipinski definition) is 4. The van der Waals surface area contributed by atoms with E-state index in [4.69, 9.17) is 9.47 Å². The van der Waals surface area contributed by atoms with Crippen molar-refractivity contribution >= 4 is 11.6 Å². The van der Waals surface area contributed by atoms with Gasteiger partial charge in [-0.3, -0.25) is 9.59 Å². The molecule has 0 aromatic heterocycles. The van der Waals surface area contributed by atoms with Crippen LogP contribution in [0, 0.1) is 11.8 Å². The highest BCUT2D eigenvalue weighted by molar-refractivity contribution is 6.23. The molecule has 1 rings (SSSR count). The summed E-state index contributed by atoms with van der Waals surface area (Å²) in [6, 6.07) is 0. The number of allylic oxidation sites excluding steroid dienone is 4. The van der Waals surface area contributed by atoms with E-state index in [0.717, 1.165) is 19.3 Å². The van der Waals surface area contributed by atoms with Crippen molar-refractivity contribution in [2.75, 3.05) is 14.2 Å².